The van der Waals surface area contributed by atoms with Gasteiger partial charge in [0, 0.05) is 20.1 Å². The molecule has 2 atom stereocenters. The van der Waals surface area contributed by atoms with Gasteiger partial charge in [0.2, 0.25) is 5.91 Å². The molecule has 0 spiro atoms. The topological polar surface area (TPSA) is 70.1 Å². The minimum absolute atomic E-state index is 0.129. The second-order valence-electron chi connectivity index (χ2n) is 8.18. The molecule has 3 aromatic rings. The van der Waals surface area contributed by atoms with Crippen LogP contribution >= 0.6 is 0 Å². The highest BCUT2D eigenvalue weighted by molar-refractivity contribution is 5.87. The SMILES string of the molecule is CN(CCc1cccc2ccccc12)C(=O)[C@@H]1C(O)CCN1C(=O)OCc1ccccc1. The van der Waals surface area contributed by atoms with Crippen LogP contribution in [0.25, 0.3) is 10.8 Å². The van der Waals surface area contributed by atoms with Gasteiger partial charge in [-0.15, -0.1) is 0 Å². The summed E-state index contributed by atoms with van der Waals surface area (Å²) in [4.78, 5) is 28.7. The fourth-order valence-corrected chi connectivity index (χ4v) is 4.22. The lowest BCUT2D eigenvalue weighted by Crippen LogP contribution is -2.51. The van der Waals surface area contributed by atoms with Gasteiger partial charge in [-0.05, 0) is 34.7 Å². The largest absolute Gasteiger partial charge is 0.445 e. The van der Waals surface area contributed by atoms with E-state index in [0.29, 0.717) is 25.9 Å². The van der Waals surface area contributed by atoms with E-state index in [2.05, 4.69) is 24.3 Å². The van der Waals surface area contributed by atoms with Crippen molar-refractivity contribution in [3.05, 3.63) is 83.9 Å². The zero-order valence-corrected chi connectivity index (χ0v) is 18.2. The molecule has 1 aliphatic heterocycles. The molecule has 6 nitrogen and oxygen atoms in total. The molecule has 0 saturated carbocycles. The van der Waals surface area contributed by atoms with Crippen LogP contribution in [0.15, 0.2) is 72.8 Å². The number of benzene rings is 3. The van der Waals surface area contributed by atoms with Gasteiger partial charge in [-0.3, -0.25) is 9.69 Å². The van der Waals surface area contributed by atoms with Gasteiger partial charge in [-0.2, -0.15) is 0 Å². The Morgan fingerprint density at radius 3 is 2.56 bits per heavy atom. The van der Waals surface area contributed by atoms with Crippen molar-refractivity contribution in [2.75, 3.05) is 20.1 Å². The summed E-state index contributed by atoms with van der Waals surface area (Å²) >= 11 is 0. The number of amides is 2. The summed E-state index contributed by atoms with van der Waals surface area (Å²) in [6.45, 7) is 0.912. The Morgan fingerprint density at radius 1 is 1.03 bits per heavy atom. The Hall–Kier alpha value is -3.38. The van der Waals surface area contributed by atoms with E-state index >= 15 is 0 Å². The van der Waals surface area contributed by atoms with Gasteiger partial charge < -0.3 is 14.7 Å². The number of hydrogen-bond acceptors (Lipinski definition) is 4. The van der Waals surface area contributed by atoms with Gasteiger partial charge in [0.05, 0.1) is 6.10 Å². The molecule has 0 radical (unpaired) electrons. The minimum atomic E-state index is -0.921. The molecule has 1 aliphatic rings. The first-order chi connectivity index (χ1) is 15.5. The van der Waals surface area contributed by atoms with Crippen LogP contribution in [-0.4, -0.2) is 59.2 Å². The molecule has 4 rings (SSSR count). The summed E-state index contributed by atoms with van der Waals surface area (Å²) < 4.78 is 5.40. The smallest absolute Gasteiger partial charge is 0.410 e. The van der Waals surface area contributed by atoms with Crippen molar-refractivity contribution < 1.29 is 19.4 Å². The Balaban J connectivity index is 1.39. The molecule has 3 aromatic carbocycles. The third-order valence-electron chi connectivity index (χ3n) is 6.03. The van der Waals surface area contributed by atoms with Gasteiger partial charge >= 0.3 is 6.09 Å². The normalized spacial score (nSPS) is 18.0. The predicted octanol–water partition coefficient (Wildman–Crippen LogP) is 3.61. The van der Waals surface area contributed by atoms with Crippen LogP contribution in [0.1, 0.15) is 17.5 Å². The summed E-state index contributed by atoms with van der Waals surface area (Å²) in [7, 11) is 1.71. The third-order valence-corrected chi connectivity index (χ3v) is 6.03. The third kappa shape index (κ3) is 4.75. The van der Waals surface area contributed by atoms with E-state index in [9.17, 15) is 14.7 Å². The number of aliphatic hydroxyl groups is 1. The highest BCUT2D eigenvalue weighted by Gasteiger charge is 2.43. The van der Waals surface area contributed by atoms with Crippen LogP contribution in [0.5, 0.6) is 0 Å². The van der Waals surface area contributed by atoms with Crippen LogP contribution in [-0.2, 0) is 22.6 Å². The number of nitrogens with zero attached hydrogens (tertiary/aromatic N) is 2. The molecule has 32 heavy (non-hydrogen) atoms. The zero-order valence-electron chi connectivity index (χ0n) is 18.2. The molecule has 0 aliphatic carbocycles. The molecule has 0 bridgehead atoms. The second-order valence-corrected chi connectivity index (χ2v) is 8.18. The predicted molar refractivity (Wildman–Crippen MR) is 123 cm³/mol. The van der Waals surface area contributed by atoms with Crippen molar-refractivity contribution >= 4 is 22.8 Å². The number of likely N-dealkylation sites (N-methyl/N-ethyl adjacent to an activating group) is 1. The van der Waals surface area contributed by atoms with Gasteiger partial charge in [0.25, 0.3) is 0 Å². The fraction of sp³-hybridized carbons (Fsp3) is 0.308. The standard InChI is InChI=1S/C26H28N2O4/c1-27(16-14-21-12-7-11-20-10-5-6-13-22(20)21)25(30)24-23(29)15-17-28(24)26(31)32-18-19-8-3-2-4-9-19/h2-13,23-24,29H,14-18H2,1H3/t23?,24-/m0/s1. The number of carbonyl (C=O) groups is 2. The Bertz CT molecular complexity index is 1080. The van der Waals surface area contributed by atoms with E-state index in [1.54, 1.807) is 11.9 Å². The lowest BCUT2D eigenvalue weighted by atomic mass is 10.0. The van der Waals surface area contributed by atoms with Crippen LogP contribution in [0.3, 0.4) is 0 Å². The molecule has 6 heteroatoms. The number of aliphatic hydroxyl groups excluding tert-OH is 1. The Kier molecular flexibility index (Phi) is 6.71. The molecule has 1 saturated heterocycles. The Labute approximate surface area is 188 Å². The molecule has 1 fully saturated rings. The van der Waals surface area contributed by atoms with Gasteiger partial charge in [0.1, 0.15) is 12.6 Å². The van der Waals surface area contributed by atoms with Crippen molar-refractivity contribution in [3.63, 3.8) is 0 Å². The quantitative estimate of drug-likeness (QED) is 0.646. The molecule has 2 amide bonds. The molecule has 1 N–H and O–H groups in total. The van der Waals surface area contributed by atoms with Crippen LogP contribution in [0.2, 0.25) is 0 Å². The Morgan fingerprint density at radius 2 is 1.75 bits per heavy atom. The van der Waals surface area contributed by atoms with Crippen LogP contribution in [0.4, 0.5) is 4.79 Å². The van der Waals surface area contributed by atoms with Crippen molar-refractivity contribution in [1.29, 1.82) is 0 Å². The first kappa shape index (κ1) is 21.8. The molecule has 1 unspecified atom stereocenters. The van der Waals surface area contributed by atoms with E-state index in [0.717, 1.165) is 16.5 Å². The maximum atomic E-state index is 13.1. The highest BCUT2D eigenvalue weighted by Crippen LogP contribution is 2.23. The van der Waals surface area contributed by atoms with Crippen molar-refractivity contribution in [2.45, 2.75) is 31.6 Å². The lowest BCUT2D eigenvalue weighted by Gasteiger charge is -2.29. The van der Waals surface area contributed by atoms with Gasteiger partial charge in [-0.1, -0.05) is 72.8 Å². The number of ether oxygens (including phenoxy) is 1. The maximum absolute atomic E-state index is 13.1. The first-order valence-electron chi connectivity index (χ1n) is 10.9. The van der Waals surface area contributed by atoms with E-state index in [-0.39, 0.29) is 12.5 Å². The average molecular weight is 433 g/mol. The highest BCUT2D eigenvalue weighted by atomic mass is 16.6. The average Bonchev–Trinajstić information content (AvgIpc) is 3.22. The molecular weight excluding hydrogens is 404 g/mol. The second kappa shape index (κ2) is 9.83. The van der Waals surface area contributed by atoms with Gasteiger partial charge in [-0.25, -0.2) is 4.79 Å². The monoisotopic (exact) mass is 432 g/mol. The lowest BCUT2D eigenvalue weighted by molar-refractivity contribution is -0.136. The number of carbonyl (C=O) groups excluding carboxylic acids is 2. The molecule has 0 aromatic heterocycles. The summed E-state index contributed by atoms with van der Waals surface area (Å²) in [5, 5.41) is 12.8. The number of fused-ring (bicyclic) bond motifs is 1. The number of hydrogen-bond donors (Lipinski definition) is 1. The maximum Gasteiger partial charge on any atom is 0.410 e. The van der Waals surface area contributed by atoms with E-state index < -0.39 is 18.2 Å². The summed E-state index contributed by atoms with van der Waals surface area (Å²) in [5.74, 6) is -0.271. The van der Waals surface area contributed by atoms with Crippen molar-refractivity contribution in [1.82, 2.24) is 9.80 Å². The molecule has 166 valence electrons. The van der Waals surface area contributed by atoms with Gasteiger partial charge in [0.15, 0.2) is 0 Å². The molecule has 1 heterocycles. The summed E-state index contributed by atoms with van der Waals surface area (Å²) in [6.07, 6.45) is -0.434. The zero-order chi connectivity index (χ0) is 22.5. The van der Waals surface area contributed by atoms with Crippen LogP contribution < -0.4 is 0 Å². The van der Waals surface area contributed by atoms with Crippen LogP contribution in [0, 0.1) is 0 Å². The first-order valence-corrected chi connectivity index (χ1v) is 10.9. The van der Waals surface area contributed by atoms with E-state index in [4.69, 9.17) is 4.74 Å². The van der Waals surface area contributed by atoms with E-state index in [1.165, 1.54) is 10.3 Å². The van der Waals surface area contributed by atoms with Crippen molar-refractivity contribution in [3.8, 4) is 0 Å². The number of rotatable bonds is 6. The van der Waals surface area contributed by atoms with Crippen molar-refractivity contribution in [2.24, 2.45) is 0 Å². The summed E-state index contributed by atoms with van der Waals surface area (Å²) in [6, 6.07) is 22.8. The molecular formula is C26H28N2O4. The van der Waals surface area contributed by atoms with E-state index in [1.807, 2.05) is 48.5 Å². The number of likely N-dealkylation sites (tertiary alicyclic amines) is 1. The minimum Gasteiger partial charge on any atom is -0.445 e. The fourth-order valence-electron chi connectivity index (χ4n) is 4.22. The summed E-state index contributed by atoms with van der Waals surface area (Å²) in [5.41, 5.74) is 2.03.